The molecule has 0 spiro atoms. The number of nitrogens with zero attached hydrogens (tertiary/aromatic N) is 1. The topological polar surface area (TPSA) is 15.3 Å². The number of nitrogens with one attached hydrogen (secondary N) is 1. The van der Waals surface area contributed by atoms with Gasteiger partial charge >= 0.3 is 6.18 Å². The van der Waals surface area contributed by atoms with Gasteiger partial charge in [0.25, 0.3) is 0 Å². The Morgan fingerprint density at radius 2 is 2.06 bits per heavy atom. The van der Waals surface area contributed by atoms with E-state index < -0.39 is 12.6 Å². The summed E-state index contributed by atoms with van der Waals surface area (Å²) in [6, 6.07) is 0.241. The van der Waals surface area contributed by atoms with Crippen molar-refractivity contribution in [2.75, 3.05) is 26.2 Å². The molecule has 2 nitrogen and oxygen atoms in total. The van der Waals surface area contributed by atoms with Crippen LogP contribution in [0.3, 0.4) is 0 Å². The van der Waals surface area contributed by atoms with Crippen LogP contribution in [0.1, 0.15) is 26.7 Å². The van der Waals surface area contributed by atoms with Gasteiger partial charge in [0.1, 0.15) is 0 Å². The molecular formula is C11H21F3N2. The van der Waals surface area contributed by atoms with Gasteiger partial charge in [0.2, 0.25) is 0 Å². The Bertz CT molecular complexity index is 206. The summed E-state index contributed by atoms with van der Waals surface area (Å²) in [5.74, 6) is 0.432. The molecule has 1 aliphatic heterocycles. The molecule has 0 saturated carbocycles. The molecule has 0 aromatic rings. The van der Waals surface area contributed by atoms with Crippen LogP contribution in [0.25, 0.3) is 0 Å². The van der Waals surface area contributed by atoms with Gasteiger partial charge in [0.15, 0.2) is 0 Å². The monoisotopic (exact) mass is 238 g/mol. The highest BCUT2D eigenvalue weighted by Crippen LogP contribution is 2.20. The van der Waals surface area contributed by atoms with E-state index >= 15 is 0 Å². The van der Waals surface area contributed by atoms with Crippen LogP contribution < -0.4 is 5.32 Å². The van der Waals surface area contributed by atoms with Crippen molar-refractivity contribution in [2.24, 2.45) is 5.92 Å². The van der Waals surface area contributed by atoms with Gasteiger partial charge < -0.3 is 10.2 Å². The molecule has 0 amide bonds. The largest absolute Gasteiger partial charge is 0.390 e. The molecule has 0 aliphatic carbocycles. The van der Waals surface area contributed by atoms with Crippen molar-refractivity contribution < 1.29 is 13.2 Å². The minimum Gasteiger partial charge on any atom is -0.313 e. The summed E-state index contributed by atoms with van der Waals surface area (Å²) in [7, 11) is 0. The molecule has 1 N–H and O–H groups in total. The zero-order chi connectivity index (χ0) is 12.2. The highest BCUT2D eigenvalue weighted by molar-refractivity contribution is 4.82. The fourth-order valence-corrected chi connectivity index (χ4v) is 2.22. The molecular weight excluding hydrogens is 217 g/mol. The summed E-state index contributed by atoms with van der Waals surface area (Å²) in [4.78, 5) is 2.34. The maximum absolute atomic E-state index is 12.0. The lowest BCUT2D eigenvalue weighted by Gasteiger charge is -2.37. The van der Waals surface area contributed by atoms with Gasteiger partial charge in [-0.05, 0) is 25.4 Å². The Morgan fingerprint density at radius 1 is 1.38 bits per heavy atom. The average Bonchev–Trinajstić information content (AvgIpc) is 2.18. The Balaban J connectivity index is 2.23. The van der Waals surface area contributed by atoms with Crippen LogP contribution in [0, 0.1) is 5.92 Å². The fourth-order valence-electron chi connectivity index (χ4n) is 2.22. The predicted octanol–water partition coefficient (Wildman–Crippen LogP) is 2.26. The summed E-state index contributed by atoms with van der Waals surface area (Å²) >= 11 is 0. The van der Waals surface area contributed by atoms with Gasteiger partial charge in [-0.1, -0.05) is 13.8 Å². The number of piperidine rings is 1. The average molecular weight is 238 g/mol. The molecule has 0 aromatic heterocycles. The Kier molecular flexibility index (Phi) is 5.05. The van der Waals surface area contributed by atoms with E-state index in [1.54, 1.807) is 0 Å². The lowest BCUT2D eigenvalue weighted by Crippen LogP contribution is -2.48. The van der Waals surface area contributed by atoms with Crippen LogP contribution in [-0.2, 0) is 0 Å². The maximum atomic E-state index is 12.0. The van der Waals surface area contributed by atoms with Gasteiger partial charge in [0.05, 0.1) is 6.42 Å². The first kappa shape index (κ1) is 13.8. The second-order valence-electron chi connectivity index (χ2n) is 4.58. The molecule has 0 aromatic carbocycles. The van der Waals surface area contributed by atoms with Crippen LogP contribution in [0.2, 0.25) is 0 Å². The Morgan fingerprint density at radius 3 is 2.56 bits per heavy atom. The third-order valence-corrected chi connectivity index (χ3v) is 3.25. The SMILES string of the molecule is CCN1CCC(NCCC(F)(F)F)C(C)C1. The molecule has 2 atom stereocenters. The molecule has 2 unspecified atom stereocenters. The normalized spacial score (nSPS) is 28.3. The van der Waals surface area contributed by atoms with Gasteiger partial charge in [-0.3, -0.25) is 0 Å². The lowest BCUT2D eigenvalue weighted by molar-refractivity contribution is -0.133. The smallest absolute Gasteiger partial charge is 0.313 e. The number of halogens is 3. The van der Waals surface area contributed by atoms with Gasteiger partial charge in [0, 0.05) is 19.1 Å². The molecule has 1 saturated heterocycles. The summed E-state index contributed by atoms with van der Waals surface area (Å²) < 4.78 is 35.9. The summed E-state index contributed by atoms with van der Waals surface area (Å²) in [5, 5.41) is 3.03. The highest BCUT2D eigenvalue weighted by Gasteiger charge is 2.29. The summed E-state index contributed by atoms with van der Waals surface area (Å²) in [6.45, 7) is 7.27. The summed E-state index contributed by atoms with van der Waals surface area (Å²) in [5.41, 5.74) is 0. The van der Waals surface area contributed by atoms with Crippen LogP contribution in [-0.4, -0.2) is 43.3 Å². The molecule has 1 aliphatic rings. The minimum atomic E-state index is -4.04. The van der Waals surface area contributed by atoms with Gasteiger partial charge in [-0.15, -0.1) is 0 Å². The zero-order valence-electron chi connectivity index (χ0n) is 9.98. The van der Waals surface area contributed by atoms with Crippen LogP contribution in [0.5, 0.6) is 0 Å². The van der Waals surface area contributed by atoms with Crippen LogP contribution in [0.4, 0.5) is 13.2 Å². The molecule has 5 heteroatoms. The molecule has 1 heterocycles. The molecule has 0 bridgehead atoms. The Hall–Kier alpha value is -0.290. The maximum Gasteiger partial charge on any atom is 0.390 e. The lowest BCUT2D eigenvalue weighted by atomic mass is 9.94. The number of hydrogen-bond donors (Lipinski definition) is 1. The number of hydrogen-bond acceptors (Lipinski definition) is 2. The van der Waals surface area contributed by atoms with E-state index in [0.717, 1.165) is 26.1 Å². The standard InChI is InChI=1S/C11H21F3N2/c1-3-16-7-4-10(9(2)8-16)15-6-5-11(12,13)14/h9-10,15H,3-8H2,1-2H3. The highest BCUT2D eigenvalue weighted by atomic mass is 19.4. The van der Waals surface area contributed by atoms with Crippen molar-refractivity contribution in [1.29, 1.82) is 0 Å². The quantitative estimate of drug-likeness (QED) is 0.808. The zero-order valence-corrected chi connectivity index (χ0v) is 9.98. The van der Waals surface area contributed by atoms with Crippen LogP contribution >= 0.6 is 0 Å². The second-order valence-corrected chi connectivity index (χ2v) is 4.58. The van der Waals surface area contributed by atoms with Crippen molar-refractivity contribution in [3.63, 3.8) is 0 Å². The van der Waals surface area contributed by atoms with Crippen molar-refractivity contribution in [1.82, 2.24) is 10.2 Å². The van der Waals surface area contributed by atoms with E-state index in [-0.39, 0.29) is 12.6 Å². The molecule has 1 rings (SSSR count). The van der Waals surface area contributed by atoms with Gasteiger partial charge in [-0.2, -0.15) is 13.2 Å². The predicted molar refractivity (Wildman–Crippen MR) is 58.4 cm³/mol. The van der Waals surface area contributed by atoms with Crippen molar-refractivity contribution in [3.05, 3.63) is 0 Å². The summed E-state index contributed by atoms with van der Waals surface area (Å²) in [6.07, 6.45) is -3.82. The van der Waals surface area contributed by atoms with Crippen molar-refractivity contribution >= 4 is 0 Å². The van der Waals surface area contributed by atoms with Crippen molar-refractivity contribution in [3.8, 4) is 0 Å². The van der Waals surface area contributed by atoms with E-state index in [1.165, 1.54) is 0 Å². The van der Waals surface area contributed by atoms with E-state index in [9.17, 15) is 13.2 Å². The molecule has 16 heavy (non-hydrogen) atoms. The fraction of sp³-hybridized carbons (Fsp3) is 1.00. The Labute approximate surface area is 95.2 Å². The first-order valence-electron chi connectivity index (χ1n) is 5.95. The third kappa shape index (κ3) is 4.70. The number of rotatable bonds is 4. The van der Waals surface area contributed by atoms with Crippen LogP contribution in [0.15, 0.2) is 0 Å². The van der Waals surface area contributed by atoms with E-state index in [4.69, 9.17) is 0 Å². The van der Waals surface area contributed by atoms with E-state index in [1.807, 2.05) is 0 Å². The third-order valence-electron chi connectivity index (χ3n) is 3.25. The van der Waals surface area contributed by atoms with E-state index in [2.05, 4.69) is 24.1 Å². The molecule has 1 fully saturated rings. The molecule has 96 valence electrons. The minimum absolute atomic E-state index is 0.0463. The number of likely N-dealkylation sites (tertiary alicyclic amines) is 1. The first-order chi connectivity index (χ1) is 7.42. The van der Waals surface area contributed by atoms with E-state index in [0.29, 0.717) is 5.92 Å². The van der Waals surface area contributed by atoms with Gasteiger partial charge in [-0.25, -0.2) is 0 Å². The second kappa shape index (κ2) is 5.87. The van der Waals surface area contributed by atoms with Crippen molar-refractivity contribution in [2.45, 2.75) is 38.9 Å². The number of alkyl halides is 3. The molecule has 0 radical (unpaired) electrons. The first-order valence-corrected chi connectivity index (χ1v) is 5.95.